The van der Waals surface area contributed by atoms with Crippen molar-refractivity contribution >= 4 is 12.2 Å². The maximum atomic E-state index is 2.24. The highest BCUT2D eigenvalue weighted by Crippen LogP contribution is 2.22. The Morgan fingerprint density at radius 1 is 0.900 bits per heavy atom. The molecular formula is C18H22IN. The lowest BCUT2D eigenvalue weighted by molar-refractivity contribution is -0.673. The average molecular weight is 379 g/mol. The van der Waals surface area contributed by atoms with Crippen molar-refractivity contribution in [3.8, 4) is 0 Å². The Kier molecular flexibility index (Phi) is 5.93. The van der Waals surface area contributed by atoms with E-state index in [4.69, 9.17) is 0 Å². The lowest BCUT2D eigenvalue weighted by Gasteiger charge is -2.18. The van der Waals surface area contributed by atoms with Gasteiger partial charge < -0.3 is 24.0 Å². The largest absolute Gasteiger partial charge is 1.00 e. The first-order valence-electron chi connectivity index (χ1n) is 6.70. The summed E-state index contributed by atoms with van der Waals surface area (Å²) in [5.41, 5.74) is 4.02. The van der Waals surface area contributed by atoms with Gasteiger partial charge in [-0.15, -0.1) is 0 Å². The lowest BCUT2D eigenvalue weighted by atomic mass is 9.87. The fraction of sp³-hybridized carbons (Fsp3) is 0.278. The van der Waals surface area contributed by atoms with E-state index >= 15 is 0 Å². The summed E-state index contributed by atoms with van der Waals surface area (Å²) in [7, 11) is 2.06. The molecule has 20 heavy (non-hydrogen) atoms. The minimum absolute atomic E-state index is 0. The van der Waals surface area contributed by atoms with Gasteiger partial charge in [-0.2, -0.15) is 0 Å². The predicted octanol–water partition coefficient (Wildman–Crippen LogP) is 0.983. The molecule has 0 atom stereocenters. The van der Waals surface area contributed by atoms with Crippen molar-refractivity contribution in [2.45, 2.75) is 26.2 Å². The van der Waals surface area contributed by atoms with Gasteiger partial charge in [0.25, 0.3) is 0 Å². The Labute approximate surface area is 139 Å². The Hall–Kier alpha value is -1.16. The second kappa shape index (κ2) is 7.02. The van der Waals surface area contributed by atoms with Crippen LogP contribution in [0.15, 0.2) is 48.7 Å². The van der Waals surface area contributed by atoms with E-state index in [1.807, 2.05) is 6.07 Å². The molecule has 1 heterocycles. The summed E-state index contributed by atoms with van der Waals surface area (Å²) < 4.78 is 2.11. The second-order valence-electron chi connectivity index (χ2n) is 5.94. The summed E-state index contributed by atoms with van der Waals surface area (Å²) in [5.74, 6) is 0. The molecule has 2 rings (SSSR count). The van der Waals surface area contributed by atoms with Crippen molar-refractivity contribution < 1.29 is 28.5 Å². The van der Waals surface area contributed by atoms with E-state index in [2.05, 4.69) is 87.1 Å². The number of rotatable bonds is 2. The van der Waals surface area contributed by atoms with Gasteiger partial charge in [0.2, 0.25) is 5.69 Å². The summed E-state index contributed by atoms with van der Waals surface area (Å²) in [6.07, 6.45) is 6.36. The van der Waals surface area contributed by atoms with Crippen molar-refractivity contribution in [2.24, 2.45) is 7.05 Å². The maximum Gasteiger partial charge on any atom is 0.204 e. The van der Waals surface area contributed by atoms with Gasteiger partial charge in [0, 0.05) is 18.2 Å². The van der Waals surface area contributed by atoms with E-state index in [-0.39, 0.29) is 29.4 Å². The minimum atomic E-state index is 0. The van der Waals surface area contributed by atoms with Gasteiger partial charge in [-0.1, -0.05) is 45.0 Å². The van der Waals surface area contributed by atoms with Crippen molar-refractivity contribution in [3.63, 3.8) is 0 Å². The van der Waals surface area contributed by atoms with E-state index in [9.17, 15) is 0 Å². The number of hydrogen-bond acceptors (Lipinski definition) is 0. The fourth-order valence-electron chi connectivity index (χ4n) is 1.99. The van der Waals surface area contributed by atoms with Crippen molar-refractivity contribution in [3.05, 3.63) is 65.5 Å². The van der Waals surface area contributed by atoms with Crippen LogP contribution in [0.25, 0.3) is 12.2 Å². The zero-order chi connectivity index (χ0) is 13.9. The first-order valence-corrected chi connectivity index (χ1v) is 6.70. The number of benzene rings is 1. The molecule has 2 aromatic rings. The Morgan fingerprint density at radius 2 is 1.55 bits per heavy atom. The quantitative estimate of drug-likeness (QED) is 0.541. The molecule has 0 unspecified atom stereocenters. The molecular weight excluding hydrogens is 357 g/mol. The van der Waals surface area contributed by atoms with Crippen LogP contribution in [0.4, 0.5) is 0 Å². The van der Waals surface area contributed by atoms with E-state index < -0.39 is 0 Å². The Bertz CT molecular complexity index is 577. The van der Waals surface area contributed by atoms with E-state index in [1.54, 1.807) is 0 Å². The van der Waals surface area contributed by atoms with Gasteiger partial charge in [0.15, 0.2) is 6.20 Å². The van der Waals surface area contributed by atoms with Crippen LogP contribution in [0.5, 0.6) is 0 Å². The van der Waals surface area contributed by atoms with Crippen LogP contribution in [0.2, 0.25) is 0 Å². The third kappa shape index (κ3) is 4.44. The molecule has 2 heteroatoms. The van der Waals surface area contributed by atoms with Crippen LogP contribution in [-0.2, 0) is 12.5 Å². The van der Waals surface area contributed by atoms with Crippen LogP contribution in [0, 0.1) is 0 Å². The number of hydrogen-bond donors (Lipinski definition) is 0. The molecule has 0 bridgehead atoms. The molecule has 1 nitrogen and oxygen atoms in total. The molecule has 0 amide bonds. The molecule has 0 aliphatic rings. The highest BCUT2D eigenvalue weighted by atomic mass is 127. The number of nitrogens with zero attached hydrogens (tertiary/aromatic N) is 1. The summed E-state index contributed by atoms with van der Waals surface area (Å²) in [4.78, 5) is 0. The lowest BCUT2D eigenvalue weighted by Crippen LogP contribution is -3.00. The third-order valence-electron chi connectivity index (χ3n) is 3.32. The molecule has 0 radical (unpaired) electrons. The van der Waals surface area contributed by atoms with E-state index in [1.165, 1.54) is 16.8 Å². The molecule has 0 N–H and O–H groups in total. The maximum absolute atomic E-state index is 2.24. The van der Waals surface area contributed by atoms with Gasteiger partial charge in [-0.25, -0.2) is 4.57 Å². The van der Waals surface area contributed by atoms with Crippen LogP contribution >= 0.6 is 0 Å². The standard InChI is InChI=1S/C18H22N.HI/c1-18(2,3)16-11-8-15(9-12-16)10-13-17-7-5-6-14-19(17)4;/h5-14H,1-4H3;1H/q+1;/p-1. The highest BCUT2D eigenvalue weighted by molar-refractivity contribution is 5.67. The summed E-state index contributed by atoms with van der Waals surface area (Å²) >= 11 is 0. The smallest absolute Gasteiger partial charge is 0.204 e. The average Bonchev–Trinajstić information content (AvgIpc) is 2.37. The van der Waals surface area contributed by atoms with Gasteiger partial charge >= 0.3 is 0 Å². The molecule has 0 fully saturated rings. The molecule has 0 saturated heterocycles. The van der Waals surface area contributed by atoms with E-state index in [0.717, 1.165) is 0 Å². The number of pyridine rings is 1. The highest BCUT2D eigenvalue weighted by Gasteiger charge is 2.12. The van der Waals surface area contributed by atoms with Crippen molar-refractivity contribution in [1.29, 1.82) is 0 Å². The second-order valence-corrected chi connectivity index (χ2v) is 5.94. The zero-order valence-corrected chi connectivity index (χ0v) is 14.8. The first-order chi connectivity index (χ1) is 8.97. The SMILES string of the molecule is C[n+]1ccccc1C=Cc1ccc(C(C)(C)C)cc1.[I-]. The predicted molar refractivity (Wildman–Crippen MR) is 81.7 cm³/mol. The molecule has 1 aromatic carbocycles. The fourth-order valence-corrected chi connectivity index (χ4v) is 1.99. The molecule has 0 aliphatic heterocycles. The van der Waals surface area contributed by atoms with Crippen LogP contribution in [0.1, 0.15) is 37.6 Å². The van der Waals surface area contributed by atoms with Gasteiger partial charge in [0.1, 0.15) is 7.05 Å². The molecule has 106 valence electrons. The van der Waals surface area contributed by atoms with Gasteiger partial charge in [-0.3, -0.25) is 0 Å². The molecule has 0 spiro atoms. The zero-order valence-electron chi connectivity index (χ0n) is 12.6. The minimum Gasteiger partial charge on any atom is -1.00 e. The number of aryl methyl sites for hydroxylation is 1. The summed E-state index contributed by atoms with van der Waals surface area (Å²) in [5, 5.41) is 0. The normalized spacial score (nSPS) is 11.4. The molecule has 0 saturated carbocycles. The first kappa shape index (κ1) is 16.9. The third-order valence-corrected chi connectivity index (χ3v) is 3.32. The Morgan fingerprint density at radius 3 is 2.10 bits per heavy atom. The number of aromatic nitrogens is 1. The number of halogens is 1. The van der Waals surface area contributed by atoms with Crippen LogP contribution in [0.3, 0.4) is 0 Å². The van der Waals surface area contributed by atoms with Crippen molar-refractivity contribution in [1.82, 2.24) is 0 Å². The van der Waals surface area contributed by atoms with E-state index in [0.29, 0.717) is 0 Å². The molecule has 0 aliphatic carbocycles. The summed E-state index contributed by atoms with van der Waals surface area (Å²) in [6.45, 7) is 6.71. The van der Waals surface area contributed by atoms with Gasteiger partial charge in [-0.05, 0) is 28.7 Å². The van der Waals surface area contributed by atoms with Crippen LogP contribution < -0.4 is 28.5 Å². The van der Waals surface area contributed by atoms with Crippen molar-refractivity contribution in [2.75, 3.05) is 0 Å². The van der Waals surface area contributed by atoms with Crippen LogP contribution in [-0.4, -0.2) is 0 Å². The summed E-state index contributed by atoms with van der Waals surface area (Å²) in [6, 6.07) is 15.0. The Balaban J connectivity index is 0.00000200. The topological polar surface area (TPSA) is 3.88 Å². The monoisotopic (exact) mass is 379 g/mol. The molecule has 1 aromatic heterocycles. The van der Waals surface area contributed by atoms with Gasteiger partial charge in [0.05, 0.1) is 0 Å².